The molecule has 0 saturated heterocycles. The van der Waals surface area contributed by atoms with Gasteiger partial charge in [0, 0.05) is 56.1 Å². The van der Waals surface area contributed by atoms with Gasteiger partial charge in [-0.05, 0) is 66.7 Å². The van der Waals surface area contributed by atoms with Crippen LogP contribution in [0.3, 0.4) is 0 Å². The largest absolute Gasteiger partial charge is 0.295 e. The Kier molecular flexibility index (Phi) is 5.57. The van der Waals surface area contributed by atoms with E-state index >= 15 is 0 Å². The van der Waals surface area contributed by atoms with Crippen molar-refractivity contribution in [3.63, 3.8) is 0 Å². The van der Waals surface area contributed by atoms with Crippen LogP contribution in [0.25, 0.3) is 88.7 Å². The second-order valence-corrected chi connectivity index (χ2v) is 12.7. The highest BCUT2D eigenvalue weighted by molar-refractivity contribution is 6.23. The average Bonchev–Trinajstić information content (AvgIpc) is 3.90. The smallest absolute Gasteiger partial charge is 0.138 e. The van der Waals surface area contributed by atoms with Gasteiger partial charge in [-0.2, -0.15) is 0 Å². The first-order valence-electron chi connectivity index (χ1n) is 16.9. The van der Waals surface area contributed by atoms with Crippen molar-refractivity contribution >= 4 is 65.7 Å². The van der Waals surface area contributed by atoms with Crippen LogP contribution in [0.2, 0.25) is 0 Å². The molecular weight excluding hydrogens is 613 g/mol. The van der Waals surface area contributed by atoms with E-state index in [1.807, 2.05) is 24.5 Å². The Bertz CT molecular complexity index is 2880. The maximum absolute atomic E-state index is 4.85. The van der Waals surface area contributed by atoms with Gasteiger partial charge in [0.15, 0.2) is 0 Å². The molecule has 0 fully saturated rings. The third-order valence-electron chi connectivity index (χ3n) is 10.1. The normalized spacial score (nSPS) is 12.0. The Morgan fingerprint density at radius 1 is 0.320 bits per heavy atom. The van der Waals surface area contributed by atoms with Crippen LogP contribution in [0.15, 0.2) is 170 Å². The molecule has 6 heterocycles. The standard InChI is InChI=1S/C44H28N6/c1-5-20-35-31(16-1)41-33-18-3-7-22-37(33)49(39-24-9-11-26-45-39)43(41)47(35)29-14-13-15-30(28-29)48-36-21-6-2-17-32(36)42-34-19-4-8-23-38(34)50(44(42)48)40-25-10-12-27-46-40/h1-28H. The highest BCUT2D eigenvalue weighted by Gasteiger charge is 2.25. The number of fused-ring (bicyclic) bond motifs is 10. The second-order valence-electron chi connectivity index (χ2n) is 12.7. The molecule has 50 heavy (non-hydrogen) atoms. The van der Waals surface area contributed by atoms with Crippen molar-refractivity contribution in [1.82, 2.24) is 28.2 Å². The molecule has 0 amide bonds. The van der Waals surface area contributed by atoms with Crippen LogP contribution in [-0.2, 0) is 0 Å². The number of hydrogen-bond donors (Lipinski definition) is 0. The maximum Gasteiger partial charge on any atom is 0.138 e. The van der Waals surface area contributed by atoms with Crippen molar-refractivity contribution in [3.8, 4) is 23.0 Å². The van der Waals surface area contributed by atoms with E-state index in [-0.39, 0.29) is 0 Å². The van der Waals surface area contributed by atoms with Crippen LogP contribution >= 0.6 is 0 Å². The summed E-state index contributed by atoms with van der Waals surface area (Å²) in [6, 6.07) is 55.9. The average molecular weight is 641 g/mol. The quantitative estimate of drug-likeness (QED) is 0.192. The topological polar surface area (TPSA) is 45.5 Å². The third kappa shape index (κ3) is 3.62. The molecule has 0 saturated carbocycles. The Balaban J connectivity index is 1.27. The predicted molar refractivity (Wildman–Crippen MR) is 204 cm³/mol. The number of rotatable bonds is 4. The summed E-state index contributed by atoms with van der Waals surface area (Å²) in [6.07, 6.45) is 3.74. The van der Waals surface area contributed by atoms with Crippen LogP contribution in [0.5, 0.6) is 0 Å². The molecule has 234 valence electrons. The van der Waals surface area contributed by atoms with E-state index in [0.717, 1.165) is 56.4 Å². The van der Waals surface area contributed by atoms with E-state index in [1.54, 1.807) is 0 Å². The summed E-state index contributed by atoms with van der Waals surface area (Å²) >= 11 is 0. The SMILES string of the molecule is c1ccc(-n2c3ccccc3c3c4ccccc4n(-c4cccc(-n5c6ccccc6c6c7ccccc7n(-c7ccccn7)c65)c4)c32)nc1. The van der Waals surface area contributed by atoms with Gasteiger partial charge in [-0.15, -0.1) is 0 Å². The first kappa shape index (κ1) is 27.1. The van der Waals surface area contributed by atoms with Gasteiger partial charge in [0.1, 0.15) is 22.9 Å². The number of benzene rings is 5. The van der Waals surface area contributed by atoms with Crippen LogP contribution < -0.4 is 0 Å². The van der Waals surface area contributed by atoms with Crippen molar-refractivity contribution in [3.05, 3.63) is 170 Å². The molecule has 0 aliphatic rings. The Morgan fingerprint density at radius 2 is 0.680 bits per heavy atom. The fourth-order valence-corrected chi connectivity index (χ4v) is 8.13. The van der Waals surface area contributed by atoms with Crippen LogP contribution in [0.1, 0.15) is 0 Å². The molecule has 0 spiro atoms. The molecule has 6 nitrogen and oxygen atoms in total. The van der Waals surface area contributed by atoms with Crippen molar-refractivity contribution in [2.75, 3.05) is 0 Å². The molecule has 0 unspecified atom stereocenters. The summed E-state index contributed by atoms with van der Waals surface area (Å²) in [5, 5.41) is 7.27. The second kappa shape index (κ2) is 10.3. The zero-order chi connectivity index (χ0) is 32.8. The first-order chi connectivity index (χ1) is 24.9. The molecule has 6 heteroatoms. The van der Waals surface area contributed by atoms with Crippen molar-refractivity contribution < 1.29 is 0 Å². The Hall–Kier alpha value is -6.92. The third-order valence-corrected chi connectivity index (χ3v) is 10.1. The summed E-state index contributed by atoms with van der Waals surface area (Å²) in [7, 11) is 0. The monoisotopic (exact) mass is 640 g/mol. The van der Waals surface area contributed by atoms with E-state index in [1.165, 1.54) is 32.3 Å². The summed E-state index contributed by atoms with van der Waals surface area (Å²) in [5.74, 6) is 1.77. The number of nitrogens with zero attached hydrogens (tertiary/aromatic N) is 6. The molecular formula is C44H28N6. The lowest BCUT2D eigenvalue weighted by Crippen LogP contribution is -2.05. The number of aromatic nitrogens is 6. The lowest BCUT2D eigenvalue weighted by molar-refractivity contribution is 1.01. The van der Waals surface area contributed by atoms with E-state index in [4.69, 9.17) is 9.97 Å². The molecule has 0 N–H and O–H groups in total. The molecule has 0 bridgehead atoms. The van der Waals surface area contributed by atoms with Gasteiger partial charge in [0.25, 0.3) is 0 Å². The maximum atomic E-state index is 4.85. The fraction of sp³-hybridized carbons (Fsp3) is 0. The van der Waals surface area contributed by atoms with Gasteiger partial charge < -0.3 is 0 Å². The van der Waals surface area contributed by atoms with Gasteiger partial charge >= 0.3 is 0 Å². The molecule has 0 aliphatic heterocycles. The molecule has 0 atom stereocenters. The van der Waals surface area contributed by atoms with Gasteiger partial charge in [0.05, 0.1) is 22.1 Å². The van der Waals surface area contributed by atoms with Crippen molar-refractivity contribution in [2.24, 2.45) is 0 Å². The Morgan fingerprint density at radius 3 is 1.06 bits per heavy atom. The highest BCUT2D eigenvalue weighted by Crippen LogP contribution is 2.43. The minimum absolute atomic E-state index is 0.886. The first-order valence-corrected chi connectivity index (χ1v) is 16.9. The highest BCUT2D eigenvalue weighted by atomic mass is 15.2. The zero-order valence-electron chi connectivity index (χ0n) is 26.8. The van der Waals surface area contributed by atoms with Crippen molar-refractivity contribution in [2.45, 2.75) is 0 Å². The number of pyridine rings is 2. The Labute approximate surface area is 286 Å². The fourth-order valence-electron chi connectivity index (χ4n) is 8.13. The van der Waals surface area contributed by atoms with Crippen LogP contribution in [0, 0.1) is 0 Å². The van der Waals surface area contributed by atoms with Gasteiger partial charge in [-0.3, -0.25) is 18.3 Å². The van der Waals surface area contributed by atoms with Gasteiger partial charge in [-0.1, -0.05) is 91.0 Å². The number of para-hydroxylation sites is 4. The number of hydrogen-bond acceptors (Lipinski definition) is 2. The van der Waals surface area contributed by atoms with Crippen LogP contribution in [-0.4, -0.2) is 28.2 Å². The molecule has 11 rings (SSSR count). The zero-order valence-corrected chi connectivity index (χ0v) is 26.8. The summed E-state index contributed by atoms with van der Waals surface area (Å²) in [4.78, 5) is 9.70. The lowest BCUT2D eigenvalue weighted by Gasteiger charge is -2.15. The summed E-state index contributed by atoms with van der Waals surface area (Å²) in [6.45, 7) is 0. The minimum Gasteiger partial charge on any atom is -0.295 e. The van der Waals surface area contributed by atoms with Gasteiger partial charge in [-0.25, -0.2) is 9.97 Å². The summed E-state index contributed by atoms with van der Waals surface area (Å²) < 4.78 is 9.42. The van der Waals surface area contributed by atoms with Gasteiger partial charge in [0.2, 0.25) is 0 Å². The molecule has 0 aliphatic carbocycles. The van der Waals surface area contributed by atoms with E-state index in [2.05, 4.69) is 164 Å². The van der Waals surface area contributed by atoms with E-state index in [0.29, 0.717) is 0 Å². The van der Waals surface area contributed by atoms with E-state index in [9.17, 15) is 0 Å². The van der Waals surface area contributed by atoms with Crippen LogP contribution in [0.4, 0.5) is 0 Å². The molecule has 0 radical (unpaired) electrons. The minimum atomic E-state index is 0.886. The molecule has 11 aromatic rings. The lowest BCUT2D eigenvalue weighted by atomic mass is 10.1. The van der Waals surface area contributed by atoms with Crippen molar-refractivity contribution in [1.29, 1.82) is 0 Å². The molecule has 6 aromatic heterocycles. The predicted octanol–water partition coefficient (Wildman–Crippen LogP) is 10.6. The van der Waals surface area contributed by atoms with E-state index < -0.39 is 0 Å². The molecule has 5 aromatic carbocycles. The summed E-state index contributed by atoms with van der Waals surface area (Å²) in [5.41, 5.74) is 8.88.